The first-order chi connectivity index (χ1) is 15.7. The minimum atomic E-state index is -4.63. The van der Waals surface area contributed by atoms with Gasteiger partial charge in [0, 0.05) is 25.2 Å². The Morgan fingerprint density at radius 3 is 2.76 bits per heavy atom. The summed E-state index contributed by atoms with van der Waals surface area (Å²) in [4.78, 5) is 29.1. The third kappa shape index (κ3) is 5.55. The molecule has 7 nitrogen and oxygen atoms in total. The van der Waals surface area contributed by atoms with Crippen LogP contribution in [0.5, 0.6) is 5.75 Å². The van der Waals surface area contributed by atoms with Gasteiger partial charge in [0.05, 0.1) is 6.61 Å². The average molecular weight is 463 g/mol. The SMILES string of the molecule is O=C(O)[C@@H]1Cc2ccc(OCCc3ccc4c(n3)NCCC4)cc2CN(CC(F)(F)F)C1=O. The molecule has 3 heterocycles. The van der Waals surface area contributed by atoms with Crippen LogP contribution in [0.3, 0.4) is 0 Å². The van der Waals surface area contributed by atoms with Crippen molar-refractivity contribution in [2.75, 3.05) is 25.0 Å². The Morgan fingerprint density at radius 1 is 1.21 bits per heavy atom. The fourth-order valence-corrected chi connectivity index (χ4v) is 4.17. The highest BCUT2D eigenvalue weighted by atomic mass is 19.4. The third-order valence-electron chi connectivity index (χ3n) is 5.82. The van der Waals surface area contributed by atoms with E-state index in [1.54, 1.807) is 18.2 Å². The van der Waals surface area contributed by atoms with E-state index in [4.69, 9.17) is 4.74 Å². The lowest BCUT2D eigenvalue weighted by atomic mass is 9.97. The molecular formula is C23H24F3N3O4. The monoisotopic (exact) mass is 463 g/mol. The summed E-state index contributed by atoms with van der Waals surface area (Å²) in [6, 6.07) is 8.85. The van der Waals surface area contributed by atoms with Crippen LogP contribution in [0.4, 0.5) is 19.0 Å². The number of amides is 1. The second-order valence-electron chi connectivity index (χ2n) is 8.27. The lowest BCUT2D eigenvalue weighted by Crippen LogP contribution is -2.43. The number of anilines is 1. The number of carboxylic acids is 1. The van der Waals surface area contributed by atoms with Crippen molar-refractivity contribution in [3.8, 4) is 5.75 Å². The fraction of sp³-hybridized carbons (Fsp3) is 0.435. The summed E-state index contributed by atoms with van der Waals surface area (Å²) in [5, 5.41) is 12.6. The van der Waals surface area contributed by atoms with Crippen molar-refractivity contribution in [3.05, 3.63) is 52.7 Å². The zero-order valence-electron chi connectivity index (χ0n) is 17.8. The van der Waals surface area contributed by atoms with Gasteiger partial charge >= 0.3 is 12.1 Å². The van der Waals surface area contributed by atoms with Crippen molar-refractivity contribution in [2.45, 2.75) is 38.4 Å². The number of benzene rings is 1. The number of aliphatic carboxylic acids is 1. The Bertz CT molecular complexity index is 1060. The van der Waals surface area contributed by atoms with Gasteiger partial charge in [-0.1, -0.05) is 12.1 Å². The van der Waals surface area contributed by atoms with Crippen LogP contribution >= 0.6 is 0 Å². The van der Waals surface area contributed by atoms with Crippen LogP contribution < -0.4 is 10.1 Å². The zero-order chi connectivity index (χ0) is 23.6. The number of hydrogen-bond donors (Lipinski definition) is 2. The molecule has 0 spiro atoms. The van der Waals surface area contributed by atoms with Crippen LogP contribution in [0.2, 0.25) is 0 Å². The highest BCUT2D eigenvalue weighted by Gasteiger charge is 2.40. The number of nitrogens with one attached hydrogen (secondary N) is 1. The van der Waals surface area contributed by atoms with Crippen molar-refractivity contribution < 1.29 is 32.6 Å². The minimum Gasteiger partial charge on any atom is -0.493 e. The standard InChI is InChI=1S/C23H24F3N3O4/c24-23(25,26)13-29-12-16-10-18(6-4-15(16)11-19(21(29)30)22(31)32)33-9-7-17-5-3-14-2-1-8-27-20(14)28-17/h3-6,10,19H,1-2,7-9,11-13H2,(H,27,28)(H,31,32)/t19-/m1/s1. The smallest absolute Gasteiger partial charge is 0.406 e. The third-order valence-corrected chi connectivity index (χ3v) is 5.82. The van der Waals surface area contributed by atoms with Gasteiger partial charge in [-0.15, -0.1) is 0 Å². The summed E-state index contributed by atoms with van der Waals surface area (Å²) in [5.41, 5.74) is 3.03. The van der Waals surface area contributed by atoms with Crippen molar-refractivity contribution in [3.63, 3.8) is 0 Å². The van der Waals surface area contributed by atoms with Gasteiger partial charge in [0.25, 0.3) is 0 Å². The first-order valence-electron chi connectivity index (χ1n) is 10.8. The topological polar surface area (TPSA) is 91.8 Å². The van der Waals surface area contributed by atoms with Crippen LogP contribution in [-0.4, -0.2) is 52.7 Å². The normalized spacial score (nSPS) is 18.1. The summed E-state index contributed by atoms with van der Waals surface area (Å²) in [6.45, 7) is -0.621. The van der Waals surface area contributed by atoms with Crippen molar-refractivity contribution in [1.82, 2.24) is 9.88 Å². The van der Waals surface area contributed by atoms with Crippen molar-refractivity contribution in [1.29, 1.82) is 0 Å². The molecule has 2 aliphatic heterocycles. The van der Waals surface area contributed by atoms with Crippen LogP contribution in [0, 0.1) is 5.92 Å². The summed E-state index contributed by atoms with van der Waals surface area (Å²) in [7, 11) is 0. The van der Waals surface area contributed by atoms with Crippen LogP contribution in [0.1, 0.15) is 28.8 Å². The molecule has 33 heavy (non-hydrogen) atoms. The Balaban J connectivity index is 1.46. The second kappa shape index (κ2) is 9.29. The number of rotatable bonds is 6. The first kappa shape index (κ1) is 22.9. The molecule has 2 aromatic rings. The number of nitrogens with zero attached hydrogens (tertiary/aromatic N) is 2. The summed E-state index contributed by atoms with van der Waals surface area (Å²) in [6.07, 6.45) is -2.17. The number of halogens is 3. The van der Waals surface area contributed by atoms with Gasteiger partial charge in [-0.25, -0.2) is 4.98 Å². The van der Waals surface area contributed by atoms with E-state index in [2.05, 4.69) is 16.4 Å². The van der Waals surface area contributed by atoms with E-state index < -0.39 is 30.5 Å². The fourth-order valence-electron chi connectivity index (χ4n) is 4.17. The quantitative estimate of drug-likeness (QED) is 0.640. The van der Waals surface area contributed by atoms with Crippen molar-refractivity contribution in [2.24, 2.45) is 5.92 Å². The molecule has 0 saturated carbocycles. The number of ether oxygens (including phenoxy) is 1. The van der Waals surface area contributed by atoms with Gasteiger partial charge in [-0.05, 0) is 54.2 Å². The summed E-state index contributed by atoms with van der Waals surface area (Å²) < 4.78 is 44.8. The maximum atomic E-state index is 13.0. The van der Waals surface area contributed by atoms with Gasteiger partial charge in [0.2, 0.25) is 5.91 Å². The molecule has 0 saturated heterocycles. The van der Waals surface area contributed by atoms with Gasteiger partial charge in [0.15, 0.2) is 0 Å². The molecule has 1 aromatic heterocycles. The predicted molar refractivity (Wildman–Crippen MR) is 113 cm³/mol. The van der Waals surface area contributed by atoms with Crippen molar-refractivity contribution >= 4 is 17.7 Å². The Hall–Kier alpha value is -3.30. The zero-order valence-corrected chi connectivity index (χ0v) is 17.8. The van der Waals surface area contributed by atoms with Gasteiger partial charge in [-0.3, -0.25) is 9.59 Å². The maximum absolute atomic E-state index is 13.0. The maximum Gasteiger partial charge on any atom is 0.406 e. The van der Waals surface area contributed by atoms with E-state index >= 15 is 0 Å². The molecule has 1 atom stereocenters. The Kier molecular flexibility index (Phi) is 6.44. The minimum absolute atomic E-state index is 0.163. The number of carboxylic acid groups (broad SMARTS) is 1. The van der Waals surface area contributed by atoms with Gasteiger partial charge in [0.1, 0.15) is 24.0 Å². The van der Waals surface area contributed by atoms with E-state index in [0.29, 0.717) is 34.8 Å². The number of carbonyl (C=O) groups excluding carboxylic acids is 1. The number of aryl methyl sites for hydroxylation is 1. The van der Waals surface area contributed by atoms with E-state index in [1.807, 2.05) is 6.07 Å². The lowest BCUT2D eigenvalue weighted by molar-refractivity contribution is -0.168. The largest absolute Gasteiger partial charge is 0.493 e. The Morgan fingerprint density at radius 2 is 2.00 bits per heavy atom. The molecule has 0 bridgehead atoms. The highest BCUT2D eigenvalue weighted by Crippen LogP contribution is 2.29. The molecule has 0 radical (unpaired) electrons. The van der Waals surface area contributed by atoms with Crippen LogP contribution in [0.25, 0.3) is 0 Å². The molecule has 176 valence electrons. The molecule has 2 aliphatic rings. The molecule has 0 fully saturated rings. The van der Waals surface area contributed by atoms with Gasteiger partial charge in [-0.2, -0.15) is 13.2 Å². The number of alkyl halides is 3. The van der Waals surface area contributed by atoms with Crippen LogP contribution in [0.15, 0.2) is 30.3 Å². The summed E-state index contributed by atoms with van der Waals surface area (Å²) in [5.74, 6) is -2.69. The van der Waals surface area contributed by atoms with E-state index in [-0.39, 0.29) is 13.0 Å². The van der Waals surface area contributed by atoms with Gasteiger partial charge < -0.3 is 20.1 Å². The lowest BCUT2D eigenvalue weighted by Gasteiger charge is -2.24. The average Bonchev–Trinajstić information content (AvgIpc) is 2.89. The molecule has 0 unspecified atom stereocenters. The molecule has 4 rings (SSSR count). The first-order valence-corrected chi connectivity index (χ1v) is 10.8. The number of hydrogen-bond acceptors (Lipinski definition) is 5. The molecule has 1 aromatic carbocycles. The number of fused-ring (bicyclic) bond motifs is 2. The highest BCUT2D eigenvalue weighted by molar-refractivity contribution is 5.97. The molecule has 10 heteroatoms. The van der Waals surface area contributed by atoms with Crippen LogP contribution in [-0.2, 0) is 35.4 Å². The second-order valence-corrected chi connectivity index (χ2v) is 8.27. The molecular weight excluding hydrogens is 439 g/mol. The Labute approximate surface area is 188 Å². The predicted octanol–water partition coefficient (Wildman–Crippen LogP) is 3.21. The number of carbonyl (C=O) groups is 2. The summed E-state index contributed by atoms with van der Waals surface area (Å²) >= 11 is 0. The molecule has 2 N–H and O–H groups in total. The molecule has 0 aliphatic carbocycles. The number of aromatic nitrogens is 1. The van der Waals surface area contributed by atoms with E-state index in [9.17, 15) is 27.9 Å². The van der Waals surface area contributed by atoms with E-state index in [1.165, 1.54) is 5.56 Å². The number of pyridine rings is 1. The van der Waals surface area contributed by atoms with E-state index in [0.717, 1.165) is 30.9 Å². The molecule has 1 amide bonds.